The molecule has 0 aliphatic rings. The highest BCUT2D eigenvalue weighted by Gasteiger charge is 2.22. The van der Waals surface area contributed by atoms with E-state index in [1.807, 2.05) is 4.57 Å². The van der Waals surface area contributed by atoms with Crippen LogP contribution >= 0.6 is 0 Å². The van der Waals surface area contributed by atoms with E-state index in [9.17, 15) is 14.4 Å². The quantitative estimate of drug-likeness (QED) is 0.331. The molecule has 9 nitrogen and oxygen atoms in total. The fourth-order valence-electron chi connectivity index (χ4n) is 1.99. The molecule has 122 valence electrons. The van der Waals surface area contributed by atoms with Gasteiger partial charge in [-0.1, -0.05) is 0 Å². The Labute approximate surface area is 127 Å². The summed E-state index contributed by atoms with van der Waals surface area (Å²) in [7, 11) is 0. The van der Waals surface area contributed by atoms with Gasteiger partial charge in [-0.3, -0.25) is 4.79 Å². The van der Waals surface area contributed by atoms with Crippen LogP contribution in [0, 0.1) is 0 Å². The normalized spacial score (nSPS) is 13.4. The van der Waals surface area contributed by atoms with Crippen molar-refractivity contribution in [2.24, 2.45) is 0 Å². The predicted molar refractivity (Wildman–Crippen MR) is 73.5 cm³/mol. The number of carboxylic acids is 2. The molecular formula is C13H22N4O5+2. The van der Waals surface area contributed by atoms with Crippen LogP contribution in [0.4, 0.5) is 0 Å². The van der Waals surface area contributed by atoms with Gasteiger partial charge >= 0.3 is 11.9 Å². The maximum Gasteiger partial charge on any atom is 0.362 e. The molecule has 9 heteroatoms. The van der Waals surface area contributed by atoms with Gasteiger partial charge in [0.05, 0.1) is 6.54 Å². The maximum absolute atomic E-state index is 11.1. The number of aryl methyl sites for hydroxylation is 1. The minimum absolute atomic E-state index is 0.148. The highest BCUT2D eigenvalue weighted by atomic mass is 16.4. The number of aliphatic carboxylic acids is 2. The van der Waals surface area contributed by atoms with E-state index in [-0.39, 0.29) is 6.42 Å². The van der Waals surface area contributed by atoms with Crippen molar-refractivity contribution in [1.82, 2.24) is 10.3 Å². The molecule has 7 N–H and O–H groups in total. The molecule has 0 saturated carbocycles. The highest BCUT2D eigenvalue weighted by molar-refractivity contribution is 5.82. The SMILES string of the molecule is CC(=O)N[C@@H](Cc1c[n+](CCC[C@H]([NH3+])C(=O)O)c[nH]1)C(=O)O. The summed E-state index contributed by atoms with van der Waals surface area (Å²) in [4.78, 5) is 35.6. The molecule has 0 radical (unpaired) electrons. The molecule has 1 rings (SSSR count). The summed E-state index contributed by atoms with van der Waals surface area (Å²) in [5, 5.41) is 20.2. The van der Waals surface area contributed by atoms with Crippen molar-refractivity contribution in [2.75, 3.05) is 0 Å². The van der Waals surface area contributed by atoms with Crippen LogP contribution in [0.2, 0.25) is 0 Å². The molecule has 1 aromatic heterocycles. The van der Waals surface area contributed by atoms with Crippen molar-refractivity contribution in [3.8, 4) is 0 Å². The van der Waals surface area contributed by atoms with Crippen molar-refractivity contribution < 1.29 is 34.9 Å². The monoisotopic (exact) mass is 314 g/mol. The Balaban J connectivity index is 2.51. The van der Waals surface area contributed by atoms with Crippen LogP contribution in [-0.4, -0.2) is 45.1 Å². The Morgan fingerprint density at radius 1 is 1.36 bits per heavy atom. The van der Waals surface area contributed by atoms with E-state index in [0.717, 1.165) is 0 Å². The maximum atomic E-state index is 11.1. The molecule has 0 unspecified atom stereocenters. The third-order valence-electron chi connectivity index (χ3n) is 3.16. The number of aromatic nitrogens is 2. The molecule has 0 spiro atoms. The number of carbonyl (C=O) groups excluding carboxylic acids is 1. The molecule has 1 aromatic rings. The summed E-state index contributed by atoms with van der Waals surface area (Å²) in [6.45, 7) is 1.87. The summed E-state index contributed by atoms with van der Waals surface area (Å²) in [5.41, 5.74) is 4.21. The van der Waals surface area contributed by atoms with Crippen LogP contribution in [0.1, 0.15) is 25.5 Å². The number of carbonyl (C=O) groups is 3. The number of imidazole rings is 1. The predicted octanol–water partition coefficient (Wildman–Crippen LogP) is -2.09. The zero-order valence-electron chi connectivity index (χ0n) is 12.4. The average Bonchev–Trinajstić information content (AvgIpc) is 2.84. The fraction of sp³-hybridized carbons (Fsp3) is 0.538. The second-order valence-corrected chi connectivity index (χ2v) is 5.14. The van der Waals surface area contributed by atoms with Crippen molar-refractivity contribution in [3.63, 3.8) is 0 Å². The van der Waals surface area contributed by atoms with Gasteiger partial charge in [0.2, 0.25) is 12.2 Å². The van der Waals surface area contributed by atoms with Gasteiger partial charge < -0.3 is 21.3 Å². The van der Waals surface area contributed by atoms with Gasteiger partial charge in [-0.15, -0.1) is 0 Å². The van der Waals surface area contributed by atoms with E-state index >= 15 is 0 Å². The smallest absolute Gasteiger partial charge is 0.362 e. The van der Waals surface area contributed by atoms with Crippen LogP contribution in [0.3, 0.4) is 0 Å². The van der Waals surface area contributed by atoms with Gasteiger partial charge in [0.25, 0.3) is 0 Å². The first-order valence-electron chi connectivity index (χ1n) is 6.91. The first kappa shape index (κ1) is 17.6. The zero-order valence-corrected chi connectivity index (χ0v) is 12.4. The summed E-state index contributed by atoms with van der Waals surface area (Å²) in [6.07, 6.45) is 4.69. The Morgan fingerprint density at radius 3 is 2.59 bits per heavy atom. The molecule has 22 heavy (non-hydrogen) atoms. The minimum atomic E-state index is -1.10. The van der Waals surface area contributed by atoms with E-state index in [2.05, 4.69) is 16.0 Å². The first-order chi connectivity index (χ1) is 10.3. The van der Waals surface area contributed by atoms with Crippen molar-refractivity contribution in [3.05, 3.63) is 18.2 Å². The number of aromatic amines is 1. The van der Waals surface area contributed by atoms with Gasteiger partial charge in [-0.05, 0) is 6.42 Å². The van der Waals surface area contributed by atoms with E-state index in [1.165, 1.54) is 6.92 Å². The number of amides is 1. The lowest BCUT2D eigenvalue weighted by atomic mass is 10.1. The number of carboxylic acid groups (broad SMARTS) is 2. The molecule has 0 aromatic carbocycles. The average molecular weight is 314 g/mol. The number of nitrogens with one attached hydrogen (secondary N) is 2. The van der Waals surface area contributed by atoms with Crippen molar-refractivity contribution in [1.29, 1.82) is 0 Å². The van der Waals surface area contributed by atoms with Gasteiger partial charge in [0.1, 0.15) is 17.9 Å². The van der Waals surface area contributed by atoms with Gasteiger partial charge in [-0.2, -0.15) is 0 Å². The van der Waals surface area contributed by atoms with E-state index in [0.29, 0.717) is 25.1 Å². The Bertz CT molecular complexity index is 542. The van der Waals surface area contributed by atoms with Crippen molar-refractivity contribution >= 4 is 17.8 Å². The van der Waals surface area contributed by atoms with E-state index < -0.39 is 29.9 Å². The lowest BCUT2D eigenvalue weighted by Gasteiger charge is -2.10. The second kappa shape index (κ2) is 8.13. The van der Waals surface area contributed by atoms with Gasteiger partial charge in [-0.25, -0.2) is 19.1 Å². The van der Waals surface area contributed by atoms with Crippen LogP contribution in [0.5, 0.6) is 0 Å². The Hall–Kier alpha value is -2.42. The summed E-state index contributed by atoms with van der Waals surface area (Å²) < 4.78 is 1.82. The number of rotatable bonds is 9. The topological polar surface area (TPSA) is 151 Å². The largest absolute Gasteiger partial charge is 0.480 e. The lowest BCUT2D eigenvalue weighted by Crippen LogP contribution is -2.65. The molecule has 0 aliphatic heterocycles. The lowest BCUT2D eigenvalue weighted by molar-refractivity contribution is -0.696. The number of hydrogen-bond acceptors (Lipinski definition) is 3. The molecule has 1 amide bonds. The second-order valence-electron chi connectivity index (χ2n) is 5.14. The zero-order chi connectivity index (χ0) is 16.7. The van der Waals surface area contributed by atoms with Crippen LogP contribution in [0.25, 0.3) is 0 Å². The van der Waals surface area contributed by atoms with Crippen LogP contribution < -0.4 is 15.6 Å². The van der Waals surface area contributed by atoms with Crippen molar-refractivity contribution in [2.45, 2.75) is 44.8 Å². The van der Waals surface area contributed by atoms with Crippen LogP contribution in [0.15, 0.2) is 12.5 Å². The first-order valence-corrected chi connectivity index (χ1v) is 6.91. The highest BCUT2D eigenvalue weighted by Crippen LogP contribution is 1.99. The standard InChI is InChI=1S/C13H20N4O5/c1-8(18)16-11(13(21)22)5-9-6-17(7-15-9)4-2-3-10(14)12(19)20/h6-7,10-11H,2-5,14H2,1H3,(H3,16,18,19,20,21,22)/p+2/t10-,11-/m0/s1. The summed E-state index contributed by atoms with van der Waals surface area (Å²) in [6, 6.07) is -1.61. The number of nitrogens with zero attached hydrogens (tertiary/aromatic N) is 1. The fourth-order valence-corrected chi connectivity index (χ4v) is 1.99. The number of H-pyrrole nitrogens is 1. The van der Waals surface area contributed by atoms with E-state index in [1.54, 1.807) is 12.5 Å². The molecule has 0 bridgehead atoms. The Kier molecular flexibility index (Phi) is 6.51. The summed E-state index contributed by atoms with van der Waals surface area (Å²) >= 11 is 0. The summed E-state index contributed by atoms with van der Waals surface area (Å²) in [5.74, 6) is -2.42. The molecule has 0 fully saturated rings. The van der Waals surface area contributed by atoms with E-state index in [4.69, 9.17) is 10.2 Å². The molecule has 1 heterocycles. The number of hydrogen-bond donors (Lipinski definition) is 5. The third kappa shape index (κ3) is 5.92. The molecule has 2 atom stereocenters. The third-order valence-corrected chi connectivity index (χ3v) is 3.16. The molecular weight excluding hydrogens is 292 g/mol. The molecule has 0 aliphatic carbocycles. The minimum Gasteiger partial charge on any atom is -0.480 e. The number of quaternary nitrogens is 1. The van der Waals surface area contributed by atoms with Gasteiger partial charge in [0.15, 0.2) is 6.04 Å². The molecule has 0 saturated heterocycles. The Morgan fingerprint density at radius 2 is 2.05 bits per heavy atom. The van der Waals surface area contributed by atoms with Crippen LogP contribution in [-0.2, 0) is 27.3 Å². The van der Waals surface area contributed by atoms with Gasteiger partial charge in [0, 0.05) is 19.8 Å².